The summed E-state index contributed by atoms with van der Waals surface area (Å²) in [5, 5.41) is 5.34. The molecule has 1 atom stereocenters. The lowest BCUT2D eigenvalue weighted by molar-refractivity contribution is 0.491. The topological polar surface area (TPSA) is 6.48 Å². The van der Waals surface area contributed by atoms with Crippen molar-refractivity contribution in [2.24, 2.45) is 0 Å². The van der Waals surface area contributed by atoms with Gasteiger partial charge in [-0.05, 0) is 50.9 Å². The lowest BCUT2D eigenvalue weighted by Crippen LogP contribution is -2.37. The molecule has 0 radical (unpaired) electrons. The van der Waals surface area contributed by atoms with Crippen molar-refractivity contribution >= 4 is 32.9 Å². The summed E-state index contributed by atoms with van der Waals surface area (Å²) in [5.74, 6) is 0. The molecule has 0 amide bonds. The van der Waals surface area contributed by atoms with Crippen LogP contribution in [-0.4, -0.2) is 20.1 Å². The lowest BCUT2D eigenvalue weighted by Gasteiger charge is -2.30. The molecule has 0 bridgehead atoms. The van der Waals surface area contributed by atoms with E-state index in [2.05, 4.69) is 155 Å². The number of likely N-dealkylation sites (N-methyl/N-ethyl adjacent to an activating group) is 2. The molecule has 0 N–H and O–H groups in total. The monoisotopic (exact) mass is 484 g/mol. The molecule has 0 saturated carbocycles. The number of rotatable bonds is 3. The average Bonchev–Trinajstić information content (AvgIpc) is 3.21. The summed E-state index contributed by atoms with van der Waals surface area (Å²) < 4.78 is 0. The number of hydrogen-bond donors (Lipinski definition) is 0. The first-order valence-electron chi connectivity index (χ1n) is 13.3. The van der Waals surface area contributed by atoms with E-state index in [9.17, 15) is 0 Å². The van der Waals surface area contributed by atoms with Crippen molar-refractivity contribution in [3.05, 3.63) is 120 Å². The Morgan fingerprint density at radius 2 is 1.24 bits per heavy atom. The van der Waals surface area contributed by atoms with Crippen LogP contribution in [0.25, 0.3) is 21.5 Å². The first-order chi connectivity index (χ1) is 17.7. The Balaban J connectivity index is 1.28. The molecule has 0 aliphatic carbocycles. The second kappa shape index (κ2) is 8.38. The van der Waals surface area contributed by atoms with E-state index in [0.717, 1.165) is 0 Å². The predicted molar refractivity (Wildman–Crippen MR) is 161 cm³/mol. The standard InChI is InChI=1S/C35H36N2/c1-34(2)30(36(5)28-22-20-24-14-10-12-16-26(24)32(28)34)18-8-7-9-19-31-35(3,4)33-27-17-13-11-15-25(27)21-23-29(33)37(31)6/h7-23,30H,1-6H3. The van der Waals surface area contributed by atoms with Gasteiger partial charge >= 0.3 is 0 Å². The zero-order valence-corrected chi connectivity index (χ0v) is 22.8. The minimum atomic E-state index is -0.0602. The first kappa shape index (κ1) is 23.6. The summed E-state index contributed by atoms with van der Waals surface area (Å²) >= 11 is 0. The Labute approximate surface area is 221 Å². The molecule has 4 aromatic rings. The normalized spacial score (nSPS) is 21.1. The van der Waals surface area contributed by atoms with Crippen molar-refractivity contribution < 1.29 is 0 Å². The molecule has 0 aromatic heterocycles. The van der Waals surface area contributed by atoms with Crippen molar-refractivity contribution in [3.8, 4) is 0 Å². The second-order valence-corrected chi connectivity index (χ2v) is 11.6. The fraction of sp³-hybridized carbons (Fsp3) is 0.257. The van der Waals surface area contributed by atoms with Crippen molar-refractivity contribution in [2.45, 2.75) is 44.6 Å². The third-order valence-electron chi connectivity index (χ3n) is 8.75. The van der Waals surface area contributed by atoms with Crippen LogP contribution in [0.5, 0.6) is 0 Å². The number of anilines is 2. The van der Waals surface area contributed by atoms with Crippen LogP contribution in [-0.2, 0) is 10.8 Å². The van der Waals surface area contributed by atoms with E-state index in [4.69, 9.17) is 0 Å². The van der Waals surface area contributed by atoms with E-state index >= 15 is 0 Å². The smallest absolute Gasteiger partial charge is 0.0565 e. The summed E-state index contributed by atoms with van der Waals surface area (Å²) in [4.78, 5) is 4.78. The summed E-state index contributed by atoms with van der Waals surface area (Å²) in [6.07, 6.45) is 11.2. The molecule has 2 heteroatoms. The van der Waals surface area contributed by atoms with Crippen molar-refractivity contribution in [2.75, 3.05) is 23.9 Å². The summed E-state index contributed by atoms with van der Waals surface area (Å²) in [6, 6.07) is 26.8. The molecule has 186 valence electrons. The molecule has 1 unspecified atom stereocenters. The minimum Gasteiger partial charge on any atom is -0.367 e. The molecule has 6 rings (SSSR count). The number of benzene rings is 4. The quantitative estimate of drug-likeness (QED) is 0.269. The van der Waals surface area contributed by atoms with Crippen molar-refractivity contribution in [1.29, 1.82) is 0 Å². The highest BCUT2D eigenvalue weighted by Crippen LogP contribution is 2.50. The molecule has 0 saturated heterocycles. The highest BCUT2D eigenvalue weighted by atomic mass is 15.2. The van der Waals surface area contributed by atoms with E-state index in [1.165, 1.54) is 49.7 Å². The Morgan fingerprint density at radius 1 is 0.649 bits per heavy atom. The highest BCUT2D eigenvalue weighted by molar-refractivity contribution is 5.95. The number of nitrogens with zero attached hydrogens (tertiary/aromatic N) is 2. The summed E-state index contributed by atoms with van der Waals surface area (Å²) in [6.45, 7) is 9.43. The van der Waals surface area contributed by atoms with Gasteiger partial charge in [-0.1, -0.05) is 113 Å². The number of fused-ring (bicyclic) bond motifs is 6. The molecule has 2 aliphatic rings. The Hall–Kier alpha value is -3.78. The lowest BCUT2D eigenvalue weighted by atomic mass is 9.78. The zero-order chi connectivity index (χ0) is 25.9. The Kier molecular flexibility index (Phi) is 5.35. The largest absolute Gasteiger partial charge is 0.367 e. The van der Waals surface area contributed by atoms with Gasteiger partial charge in [0.15, 0.2) is 0 Å². The van der Waals surface area contributed by atoms with E-state index in [1.807, 2.05) is 0 Å². The van der Waals surface area contributed by atoms with Gasteiger partial charge in [0.2, 0.25) is 0 Å². The molecule has 2 aliphatic heterocycles. The van der Waals surface area contributed by atoms with E-state index in [1.54, 1.807) is 0 Å². The number of hydrogen-bond acceptors (Lipinski definition) is 2. The molecule has 2 heterocycles. The van der Waals surface area contributed by atoms with Gasteiger partial charge in [0.1, 0.15) is 0 Å². The predicted octanol–water partition coefficient (Wildman–Crippen LogP) is 8.51. The maximum Gasteiger partial charge on any atom is 0.0565 e. The SMILES string of the molecule is CN1C(=CC=CC=CC2N(C)c3ccc4ccccc4c3C2(C)C)C(C)(C)c2c1ccc1ccccc21. The minimum absolute atomic E-state index is 0.0180. The van der Waals surface area contributed by atoms with Crippen LogP contribution in [0, 0.1) is 0 Å². The van der Waals surface area contributed by atoms with Gasteiger partial charge in [-0.15, -0.1) is 0 Å². The fourth-order valence-electron chi connectivity index (χ4n) is 6.96. The van der Waals surface area contributed by atoms with Crippen LogP contribution in [0.1, 0.15) is 38.8 Å². The van der Waals surface area contributed by atoms with Gasteiger partial charge in [-0.3, -0.25) is 0 Å². The van der Waals surface area contributed by atoms with Crippen molar-refractivity contribution in [3.63, 3.8) is 0 Å². The molecule has 0 fully saturated rings. The average molecular weight is 485 g/mol. The van der Waals surface area contributed by atoms with Crippen LogP contribution in [0.4, 0.5) is 11.4 Å². The van der Waals surface area contributed by atoms with Crippen molar-refractivity contribution in [1.82, 2.24) is 0 Å². The molecular formula is C35H36N2. The van der Waals surface area contributed by atoms with Gasteiger partial charge in [0, 0.05) is 42.0 Å². The Morgan fingerprint density at radius 3 is 1.92 bits per heavy atom. The van der Waals surface area contributed by atoms with Crippen LogP contribution in [0.3, 0.4) is 0 Å². The van der Waals surface area contributed by atoms with Gasteiger partial charge in [-0.25, -0.2) is 0 Å². The van der Waals surface area contributed by atoms with Gasteiger partial charge < -0.3 is 9.80 Å². The second-order valence-electron chi connectivity index (χ2n) is 11.6. The van der Waals surface area contributed by atoms with E-state index in [0.29, 0.717) is 6.04 Å². The third-order valence-corrected chi connectivity index (χ3v) is 8.75. The summed E-state index contributed by atoms with van der Waals surface area (Å²) in [7, 11) is 4.41. The van der Waals surface area contributed by atoms with E-state index in [-0.39, 0.29) is 10.8 Å². The Bertz CT molecular complexity index is 1620. The zero-order valence-electron chi connectivity index (χ0n) is 22.8. The maximum absolute atomic E-state index is 2.43. The van der Waals surface area contributed by atoms with Crippen LogP contribution < -0.4 is 9.80 Å². The van der Waals surface area contributed by atoms with E-state index < -0.39 is 0 Å². The van der Waals surface area contributed by atoms with Gasteiger partial charge in [-0.2, -0.15) is 0 Å². The van der Waals surface area contributed by atoms with Crippen LogP contribution in [0.2, 0.25) is 0 Å². The van der Waals surface area contributed by atoms with Gasteiger partial charge in [0.25, 0.3) is 0 Å². The van der Waals surface area contributed by atoms with Crippen LogP contribution >= 0.6 is 0 Å². The van der Waals surface area contributed by atoms with Crippen LogP contribution in [0.15, 0.2) is 109 Å². The fourth-order valence-corrected chi connectivity index (χ4v) is 6.96. The molecule has 4 aromatic carbocycles. The summed E-state index contributed by atoms with van der Waals surface area (Å²) in [5.41, 5.74) is 6.79. The van der Waals surface area contributed by atoms with Gasteiger partial charge in [0.05, 0.1) is 6.04 Å². The highest BCUT2D eigenvalue weighted by Gasteiger charge is 2.42. The third kappa shape index (κ3) is 3.46. The molecule has 37 heavy (non-hydrogen) atoms. The molecule has 2 nitrogen and oxygen atoms in total. The maximum atomic E-state index is 2.43. The first-order valence-corrected chi connectivity index (χ1v) is 13.3. The molecule has 0 spiro atoms. The number of allylic oxidation sites excluding steroid dienone is 5. The molecular weight excluding hydrogens is 448 g/mol.